The third kappa shape index (κ3) is 4.97. The fourth-order valence-corrected chi connectivity index (χ4v) is 4.17. The molecule has 1 aromatic heterocycles. The molecule has 1 aliphatic heterocycles. The van der Waals surface area contributed by atoms with Gasteiger partial charge >= 0.3 is 18.5 Å². The van der Waals surface area contributed by atoms with Crippen LogP contribution >= 0.6 is 15.9 Å². The first kappa shape index (κ1) is 25.3. The molecule has 0 N–H and O–H groups in total. The van der Waals surface area contributed by atoms with Crippen LogP contribution in [0, 0.1) is 0 Å². The van der Waals surface area contributed by atoms with Crippen LogP contribution in [0.1, 0.15) is 28.7 Å². The molecule has 2 heterocycles. The van der Waals surface area contributed by atoms with Crippen LogP contribution < -0.4 is 4.90 Å². The number of halogens is 10. The van der Waals surface area contributed by atoms with Crippen LogP contribution in [-0.4, -0.2) is 31.0 Å². The first-order valence-electron chi connectivity index (χ1n) is 9.28. The topological polar surface area (TPSA) is 28.5 Å². The summed E-state index contributed by atoms with van der Waals surface area (Å²) >= 11 is 3.17. The van der Waals surface area contributed by atoms with Crippen LogP contribution in [0.25, 0.3) is 0 Å². The summed E-state index contributed by atoms with van der Waals surface area (Å²) in [6, 6.07) is 3.06. The standard InChI is InChI=1S/C20H15BrF9N3/c1-31-9-11-2-3-15(32-16(11)21)33-5-4-17(10-33,20(28,29)30)12-6-13(18(22,23)24)8-14(7-12)19(25,26)27/h2-3,6-8H,1,4-5,9-10H2. The molecular weight excluding hydrogens is 533 g/mol. The van der Waals surface area contributed by atoms with E-state index in [1.807, 2.05) is 0 Å². The van der Waals surface area contributed by atoms with Gasteiger partial charge in [0, 0.05) is 18.7 Å². The predicted molar refractivity (Wildman–Crippen MR) is 106 cm³/mol. The van der Waals surface area contributed by atoms with Crippen LogP contribution in [0.4, 0.5) is 45.3 Å². The number of nitrogens with zero attached hydrogens (tertiary/aromatic N) is 3. The minimum absolute atomic E-state index is 0.0869. The molecule has 1 atom stereocenters. The number of benzene rings is 1. The van der Waals surface area contributed by atoms with Gasteiger partial charge in [-0.1, -0.05) is 6.07 Å². The zero-order valence-corrected chi connectivity index (χ0v) is 18.1. The van der Waals surface area contributed by atoms with Gasteiger partial charge in [0.2, 0.25) is 0 Å². The highest BCUT2D eigenvalue weighted by Gasteiger charge is 2.60. The summed E-state index contributed by atoms with van der Waals surface area (Å²) in [7, 11) is 0. The Hall–Kier alpha value is -2.31. The average molecular weight is 548 g/mol. The maximum absolute atomic E-state index is 14.3. The van der Waals surface area contributed by atoms with Crippen molar-refractivity contribution >= 4 is 28.5 Å². The monoisotopic (exact) mass is 547 g/mol. The third-order valence-corrected chi connectivity index (χ3v) is 6.16. The Morgan fingerprint density at radius 1 is 0.970 bits per heavy atom. The third-order valence-electron chi connectivity index (χ3n) is 5.47. The fraction of sp³-hybridized carbons (Fsp3) is 0.400. The number of aliphatic imine (C=N–C) groups is 1. The van der Waals surface area contributed by atoms with Gasteiger partial charge in [-0.2, -0.15) is 39.5 Å². The van der Waals surface area contributed by atoms with Gasteiger partial charge in [0.1, 0.15) is 15.8 Å². The van der Waals surface area contributed by atoms with Gasteiger partial charge in [0.05, 0.1) is 17.7 Å². The highest BCUT2D eigenvalue weighted by atomic mass is 79.9. The number of anilines is 1. The highest BCUT2D eigenvalue weighted by molar-refractivity contribution is 9.10. The van der Waals surface area contributed by atoms with Crippen molar-refractivity contribution in [3.63, 3.8) is 0 Å². The molecule has 1 unspecified atom stereocenters. The lowest BCUT2D eigenvalue weighted by atomic mass is 9.77. The van der Waals surface area contributed by atoms with E-state index < -0.39 is 53.6 Å². The van der Waals surface area contributed by atoms with Gasteiger partial charge in [-0.15, -0.1) is 0 Å². The number of aromatic nitrogens is 1. The summed E-state index contributed by atoms with van der Waals surface area (Å²) in [6.07, 6.45) is -16.4. The molecule has 0 radical (unpaired) electrons. The number of rotatable bonds is 4. The molecule has 2 aromatic rings. The van der Waals surface area contributed by atoms with Gasteiger partial charge in [0.25, 0.3) is 0 Å². The molecule has 0 aliphatic carbocycles. The number of hydrogen-bond donors (Lipinski definition) is 0. The van der Waals surface area contributed by atoms with Crippen molar-refractivity contribution in [1.82, 2.24) is 4.98 Å². The molecule has 1 saturated heterocycles. The minimum atomic E-state index is -5.26. The number of alkyl halides is 9. The lowest BCUT2D eigenvalue weighted by Gasteiger charge is -2.33. The van der Waals surface area contributed by atoms with Gasteiger partial charge in [0.15, 0.2) is 0 Å². The zero-order chi connectivity index (χ0) is 24.8. The lowest BCUT2D eigenvalue weighted by molar-refractivity contribution is -0.185. The van der Waals surface area contributed by atoms with E-state index >= 15 is 0 Å². The molecule has 180 valence electrons. The normalized spacial score (nSPS) is 19.8. The van der Waals surface area contributed by atoms with Crippen molar-refractivity contribution in [2.45, 2.75) is 36.9 Å². The average Bonchev–Trinajstić information content (AvgIpc) is 3.15. The van der Waals surface area contributed by atoms with Gasteiger partial charge in [-0.25, -0.2) is 4.98 Å². The number of pyridine rings is 1. The SMILES string of the molecule is C=NCc1ccc(N2CCC(c3cc(C(F)(F)F)cc(C(F)(F)F)c3)(C(F)(F)F)C2)nc1Br. The fourth-order valence-electron chi connectivity index (χ4n) is 3.74. The van der Waals surface area contributed by atoms with E-state index in [9.17, 15) is 39.5 Å². The zero-order valence-electron chi connectivity index (χ0n) is 16.5. The lowest BCUT2D eigenvalue weighted by Crippen LogP contribution is -2.45. The van der Waals surface area contributed by atoms with E-state index in [0.717, 1.165) is 0 Å². The van der Waals surface area contributed by atoms with E-state index in [2.05, 4.69) is 32.6 Å². The Morgan fingerprint density at radius 3 is 2.00 bits per heavy atom. The van der Waals surface area contributed by atoms with Crippen molar-refractivity contribution in [3.8, 4) is 0 Å². The molecule has 1 aliphatic rings. The van der Waals surface area contributed by atoms with Crippen LogP contribution in [-0.2, 0) is 24.3 Å². The second-order valence-electron chi connectivity index (χ2n) is 7.55. The summed E-state index contributed by atoms with van der Waals surface area (Å²) in [5.41, 5.74) is -7.04. The molecule has 13 heteroatoms. The van der Waals surface area contributed by atoms with Gasteiger partial charge < -0.3 is 4.90 Å². The Bertz CT molecular complexity index is 1010. The molecule has 1 aromatic carbocycles. The first-order chi connectivity index (χ1) is 15.1. The van der Waals surface area contributed by atoms with Crippen molar-refractivity contribution < 1.29 is 39.5 Å². The van der Waals surface area contributed by atoms with Crippen LogP contribution in [0.5, 0.6) is 0 Å². The van der Waals surface area contributed by atoms with Crippen molar-refractivity contribution in [2.75, 3.05) is 18.0 Å². The van der Waals surface area contributed by atoms with Crippen molar-refractivity contribution in [2.24, 2.45) is 4.99 Å². The molecule has 3 rings (SSSR count). The molecule has 0 bridgehead atoms. The second kappa shape index (κ2) is 8.48. The minimum Gasteiger partial charge on any atom is -0.355 e. The van der Waals surface area contributed by atoms with E-state index in [-0.39, 0.29) is 41.7 Å². The van der Waals surface area contributed by atoms with E-state index in [0.29, 0.717) is 5.56 Å². The molecule has 1 fully saturated rings. The Morgan fingerprint density at radius 2 is 1.55 bits per heavy atom. The molecule has 3 nitrogen and oxygen atoms in total. The van der Waals surface area contributed by atoms with Crippen molar-refractivity contribution in [3.05, 3.63) is 57.2 Å². The molecular formula is C20H15BrF9N3. The van der Waals surface area contributed by atoms with Crippen LogP contribution in [0.3, 0.4) is 0 Å². The Balaban J connectivity index is 2.11. The summed E-state index contributed by atoms with van der Waals surface area (Å²) in [6.45, 7) is 2.34. The van der Waals surface area contributed by atoms with E-state index in [1.54, 1.807) is 6.07 Å². The quantitative estimate of drug-likeness (QED) is 0.239. The summed E-state index contributed by atoms with van der Waals surface area (Å²) in [5, 5.41) is 0. The summed E-state index contributed by atoms with van der Waals surface area (Å²) in [4.78, 5) is 9.01. The summed E-state index contributed by atoms with van der Waals surface area (Å²) in [5.74, 6) is 0.0869. The molecule has 0 saturated carbocycles. The first-order valence-corrected chi connectivity index (χ1v) is 10.1. The smallest absolute Gasteiger partial charge is 0.355 e. The van der Waals surface area contributed by atoms with Crippen LogP contribution in [0.15, 0.2) is 39.9 Å². The van der Waals surface area contributed by atoms with Gasteiger partial charge in [-0.05, 0) is 58.9 Å². The molecule has 33 heavy (non-hydrogen) atoms. The Kier molecular flexibility index (Phi) is 6.50. The summed E-state index contributed by atoms with van der Waals surface area (Å²) < 4.78 is 123. The molecule has 0 spiro atoms. The van der Waals surface area contributed by atoms with Crippen molar-refractivity contribution in [1.29, 1.82) is 0 Å². The molecule has 0 amide bonds. The van der Waals surface area contributed by atoms with Gasteiger partial charge in [-0.3, -0.25) is 4.99 Å². The largest absolute Gasteiger partial charge is 0.416 e. The second-order valence-corrected chi connectivity index (χ2v) is 8.30. The highest BCUT2D eigenvalue weighted by Crippen LogP contribution is 2.50. The maximum Gasteiger partial charge on any atom is 0.416 e. The Labute approximate surface area is 190 Å². The number of hydrogen-bond acceptors (Lipinski definition) is 3. The van der Waals surface area contributed by atoms with E-state index in [4.69, 9.17) is 0 Å². The predicted octanol–water partition coefficient (Wildman–Crippen LogP) is 6.79. The van der Waals surface area contributed by atoms with E-state index in [1.165, 1.54) is 11.0 Å². The van der Waals surface area contributed by atoms with Crippen LogP contribution in [0.2, 0.25) is 0 Å². The maximum atomic E-state index is 14.3.